The summed E-state index contributed by atoms with van der Waals surface area (Å²) in [5, 5.41) is 58.4. The molecule has 22 N–H and O–H groups in total. The highest BCUT2D eigenvalue weighted by Gasteiger charge is 2.45. The number of carboxylic acids is 2. The fraction of sp³-hybridized carbons (Fsp3) is 0.486. The average molecular weight is 1580 g/mol. The molecule has 39 heteroatoms. The Morgan fingerprint density at radius 3 is 1.91 bits per heavy atom. The lowest BCUT2D eigenvalue weighted by Crippen LogP contribution is -2.61. The zero-order valence-corrected chi connectivity index (χ0v) is 62.9. The van der Waals surface area contributed by atoms with Gasteiger partial charge < -0.3 is 106 Å². The second-order valence-electron chi connectivity index (χ2n) is 27.3. The number of aliphatic carboxylic acids is 2. The number of primary amides is 1. The van der Waals surface area contributed by atoms with Gasteiger partial charge in [-0.2, -0.15) is 0 Å². The fourth-order valence-electron chi connectivity index (χ4n) is 13.3. The van der Waals surface area contributed by atoms with Crippen molar-refractivity contribution in [2.24, 2.45) is 17.2 Å². The number of imidazole rings is 1. The molecule has 37 nitrogen and oxygen atoms in total. The molecule has 0 saturated carbocycles. The third-order valence-corrected chi connectivity index (χ3v) is 21.4. The number of benzene rings is 3. The Labute approximate surface area is 645 Å². The van der Waals surface area contributed by atoms with Gasteiger partial charge in [0.1, 0.15) is 72.5 Å². The molecule has 12 atom stereocenters. The van der Waals surface area contributed by atoms with Crippen LogP contribution in [0.15, 0.2) is 85.5 Å². The van der Waals surface area contributed by atoms with Crippen molar-refractivity contribution < 1.29 is 82.1 Å². The first-order valence-electron chi connectivity index (χ1n) is 36.4. The predicted molar refractivity (Wildman–Crippen MR) is 407 cm³/mol. The van der Waals surface area contributed by atoms with Gasteiger partial charge in [0.25, 0.3) is 0 Å². The van der Waals surface area contributed by atoms with E-state index in [9.17, 15) is 58.2 Å². The van der Waals surface area contributed by atoms with Crippen molar-refractivity contribution >= 4 is 138 Å². The summed E-state index contributed by atoms with van der Waals surface area (Å²) in [4.78, 5) is 224. The van der Waals surface area contributed by atoms with Crippen LogP contribution in [0.25, 0.3) is 21.7 Å². The summed E-state index contributed by atoms with van der Waals surface area (Å²) in [5.41, 5.74) is 18.7. The number of unbranched alkanes of at least 4 members (excludes halogenated alkanes) is 1. The molecular formula is C72H96N20O17S2. The Morgan fingerprint density at radius 1 is 0.640 bits per heavy atom. The minimum absolute atomic E-state index is 0.00209. The van der Waals surface area contributed by atoms with Crippen molar-refractivity contribution in [2.75, 3.05) is 37.7 Å². The zero-order valence-electron chi connectivity index (χ0n) is 61.3. The van der Waals surface area contributed by atoms with E-state index in [1.807, 2.05) is 18.2 Å². The van der Waals surface area contributed by atoms with E-state index < -0.39 is 186 Å². The number of carbonyl (C=O) groups is 15. The topological polar surface area (TPSA) is 582 Å². The fourth-order valence-corrected chi connectivity index (χ4v) is 15.6. The van der Waals surface area contributed by atoms with Crippen molar-refractivity contribution in [2.45, 2.75) is 183 Å². The zero-order chi connectivity index (χ0) is 80.4. The molecule has 3 aliphatic heterocycles. The molecule has 111 heavy (non-hydrogen) atoms. The van der Waals surface area contributed by atoms with E-state index in [1.165, 1.54) is 29.2 Å². The van der Waals surface area contributed by atoms with E-state index in [4.69, 9.17) is 22.6 Å². The van der Waals surface area contributed by atoms with Gasteiger partial charge in [-0.3, -0.25) is 77.3 Å². The summed E-state index contributed by atoms with van der Waals surface area (Å²) < 4.78 is 0. The number of hydrogen-bond donors (Lipinski definition) is 19. The molecule has 5 heterocycles. The molecule has 3 aliphatic rings. The summed E-state index contributed by atoms with van der Waals surface area (Å²) in [6, 6.07) is 1.85. The number of para-hydroxylation sites is 1. The first kappa shape index (κ1) is 85.3. The van der Waals surface area contributed by atoms with E-state index in [0.29, 0.717) is 41.3 Å². The lowest BCUT2D eigenvalue weighted by Gasteiger charge is -2.33. The quantitative estimate of drug-likeness (QED) is 0.0112. The average Bonchev–Trinajstić information content (AvgIpc) is 1.69. The number of fused-ring (bicyclic) bond motifs is 2. The first-order chi connectivity index (χ1) is 53.1. The normalized spacial score (nSPS) is 22.7. The van der Waals surface area contributed by atoms with E-state index in [-0.39, 0.29) is 101 Å². The molecule has 0 bridgehead atoms. The number of likely N-dealkylation sites (tertiary alicyclic amines) is 2. The van der Waals surface area contributed by atoms with Crippen LogP contribution in [0, 0.1) is 5.41 Å². The number of nitrogens with two attached hydrogens (primary N) is 3. The van der Waals surface area contributed by atoms with E-state index in [2.05, 4.69) is 73.4 Å². The number of nitrogens with zero attached hydrogens (tertiary/aromatic N) is 3. The largest absolute Gasteiger partial charge is 0.481 e. The molecule has 5 aromatic rings. The third kappa shape index (κ3) is 25.1. The summed E-state index contributed by atoms with van der Waals surface area (Å²) >= 11 is 0. The smallest absolute Gasteiger partial charge is 0.305 e. The van der Waals surface area contributed by atoms with E-state index in [1.54, 1.807) is 54.7 Å². The number of rotatable bonds is 27. The molecule has 3 aromatic carbocycles. The molecule has 2 aromatic heterocycles. The maximum atomic E-state index is 15.3. The summed E-state index contributed by atoms with van der Waals surface area (Å²) in [6.45, 7) is 2.66. The Balaban J connectivity index is 1.14. The number of guanidine groups is 1. The Kier molecular flexibility index (Phi) is 31.8. The van der Waals surface area contributed by atoms with Crippen LogP contribution in [0.3, 0.4) is 0 Å². The van der Waals surface area contributed by atoms with Gasteiger partial charge in [-0.25, -0.2) is 4.98 Å². The predicted octanol–water partition coefficient (Wildman–Crippen LogP) is -2.45. The molecule has 8 rings (SSSR count). The van der Waals surface area contributed by atoms with Crippen LogP contribution in [-0.4, -0.2) is 240 Å². The van der Waals surface area contributed by atoms with Gasteiger partial charge in [0.05, 0.1) is 18.4 Å². The van der Waals surface area contributed by atoms with Crippen LogP contribution in [0.5, 0.6) is 0 Å². The van der Waals surface area contributed by atoms with E-state index in [0.717, 1.165) is 39.3 Å². The number of amides is 13. The number of hydrogen-bond acceptors (Lipinski definition) is 20. The molecule has 3 saturated heterocycles. The van der Waals surface area contributed by atoms with Crippen molar-refractivity contribution in [1.82, 2.24) is 83.2 Å². The van der Waals surface area contributed by atoms with Crippen LogP contribution in [0.1, 0.15) is 108 Å². The minimum Gasteiger partial charge on any atom is -0.481 e. The van der Waals surface area contributed by atoms with Crippen LogP contribution in [0.2, 0.25) is 0 Å². The summed E-state index contributed by atoms with van der Waals surface area (Å²) in [6.07, 6.45) is 2.86. The van der Waals surface area contributed by atoms with Crippen molar-refractivity contribution in [3.8, 4) is 0 Å². The van der Waals surface area contributed by atoms with Gasteiger partial charge >= 0.3 is 11.9 Å². The second-order valence-corrected chi connectivity index (χ2v) is 29.9. The second kappa shape index (κ2) is 41.4. The number of nitrogens with one attached hydrogen (secondary N) is 14. The van der Waals surface area contributed by atoms with Gasteiger partial charge in [0.2, 0.25) is 76.8 Å². The molecule has 13 amide bonds. The molecule has 598 valence electrons. The highest BCUT2D eigenvalue weighted by molar-refractivity contribution is 8.76. The minimum atomic E-state index is -1.71. The number of aromatic amines is 2. The number of aromatic nitrogens is 3. The SMILES string of the molecule is CC(=O)N[C@H]1CSSC[C@@H](C(=O)N2CCC[C@H]2C(=O)N2CCC[C@H]2C(=O)N[C@@H](CCCCN)C(=O)N[C@@H](CC(=O)O)C(N)=O)NC(=O)[C@H](C)NC(=O)[C@H](Cc2c[nH]c3ccccc23)NC(=O)[C@H](CCCNC(=N)N)NC(=O)[C@@H](Cc2ccc3ccccc3c2)NC(=O)[C@H](Cc2c[nH]cn2)NC(=O)[C@H](CCC(=O)O)NC1=O. The summed E-state index contributed by atoms with van der Waals surface area (Å²) in [5.74, 6) is -15.6. The molecule has 0 aliphatic carbocycles. The van der Waals surface area contributed by atoms with Gasteiger partial charge in [-0.15, -0.1) is 0 Å². The standard InChI is InChI=1S/C72H96N20O17S2/c1-38-61(99)90-55(70(108)92-27-11-19-57(92)71(109)91-26-10-18-56(91)69(107)85-47(16-7-8-24-73)62(100)86-50(60(74)98)32-59(96)97)36-111-110-35-54(82-39(2)93)68(106)84-49(22-23-58(94)95)64(102)89-53(31-44-34-77-37-80-44)67(105)87-51(29-40-20-21-41-12-3-4-13-42(41)28-40)66(104)83-48(17-9-25-78-72(75)76)63(101)88-52(65(103)81-38)30-43-33-79-46-15-6-5-14-45(43)46/h3-6,12-15,20-21,28,33-34,37-38,47-57,79H,7-11,16-19,22-27,29-32,35-36,73H2,1-2H3,(H2,74,98)(H,77,80)(H,81,103)(H,82,93)(H,83,104)(H,84,106)(H,85,107)(H,86,100)(H,87,105)(H,88,101)(H,89,102)(H,90,99)(H,94,95)(H,96,97)(H4,75,76,78)/t38-,47-,48-,49-,50-,51+,52-,53-,54-,55-,56-,57-/m0/s1. The van der Waals surface area contributed by atoms with E-state index >= 15 is 24.0 Å². The number of H-pyrrole nitrogens is 2. The monoisotopic (exact) mass is 1580 g/mol. The number of carbonyl (C=O) groups excluding carboxylic acids is 13. The van der Waals surface area contributed by atoms with Crippen LogP contribution in [-0.2, 0) is 91.2 Å². The lowest BCUT2D eigenvalue weighted by atomic mass is 9.99. The first-order valence-corrected chi connectivity index (χ1v) is 38.9. The van der Waals surface area contributed by atoms with Crippen LogP contribution in [0.4, 0.5) is 0 Å². The Morgan fingerprint density at radius 2 is 1.25 bits per heavy atom. The molecule has 0 spiro atoms. The van der Waals surface area contributed by atoms with Gasteiger partial charge in [0.15, 0.2) is 5.96 Å². The molecule has 0 radical (unpaired) electrons. The van der Waals surface area contributed by atoms with Crippen molar-refractivity contribution in [3.05, 3.63) is 102 Å². The molecule has 0 unspecified atom stereocenters. The highest BCUT2D eigenvalue weighted by atomic mass is 33.1. The highest BCUT2D eigenvalue weighted by Crippen LogP contribution is 2.29. The van der Waals surface area contributed by atoms with Gasteiger partial charge in [-0.05, 0) is 106 Å². The maximum Gasteiger partial charge on any atom is 0.305 e. The van der Waals surface area contributed by atoms with Crippen molar-refractivity contribution in [3.63, 3.8) is 0 Å². The van der Waals surface area contributed by atoms with Crippen LogP contribution < -0.4 is 75.7 Å². The third-order valence-electron chi connectivity index (χ3n) is 19.0. The molecular weight excluding hydrogens is 1480 g/mol. The maximum absolute atomic E-state index is 15.3. The lowest BCUT2D eigenvalue weighted by molar-refractivity contribution is -0.148. The summed E-state index contributed by atoms with van der Waals surface area (Å²) in [7, 11) is 1.84. The number of carboxylic acid groups (broad SMARTS) is 2. The Bertz CT molecular complexity index is 4220. The molecule has 3 fully saturated rings. The Hall–Kier alpha value is -11.4. The van der Waals surface area contributed by atoms with Gasteiger partial charge in [0, 0.05) is 87.0 Å². The van der Waals surface area contributed by atoms with Crippen molar-refractivity contribution in [1.29, 1.82) is 5.41 Å². The van der Waals surface area contributed by atoms with Crippen LogP contribution >= 0.6 is 21.6 Å². The van der Waals surface area contributed by atoms with Gasteiger partial charge in [-0.1, -0.05) is 82.3 Å².